The smallest absolute Gasteiger partial charge is 0.407 e. The molecule has 3 N–H and O–H groups in total. The lowest BCUT2D eigenvalue weighted by molar-refractivity contribution is -0.121. The molecule has 7 heteroatoms. The van der Waals surface area contributed by atoms with Crippen LogP contribution in [0.25, 0.3) is 0 Å². The van der Waals surface area contributed by atoms with Gasteiger partial charge >= 0.3 is 6.09 Å². The molecule has 0 aliphatic heterocycles. The quantitative estimate of drug-likeness (QED) is 0.615. The lowest BCUT2D eigenvalue weighted by Crippen LogP contribution is -2.34. The third-order valence-corrected chi connectivity index (χ3v) is 3.55. The molecule has 1 rings (SSSR count). The Balaban J connectivity index is 2.45. The van der Waals surface area contributed by atoms with Gasteiger partial charge in [0.25, 0.3) is 0 Å². The van der Waals surface area contributed by atoms with Crippen LogP contribution >= 0.6 is 0 Å². The Hall–Kier alpha value is -2.57. The van der Waals surface area contributed by atoms with Gasteiger partial charge in [-0.25, -0.2) is 4.79 Å². The van der Waals surface area contributed by atoms with Gasteiger partial charge in [-0.15, -0.1) is 0 Å². The van der Waals surface area contributed by atoms with E-state index in [1.54, 1.807) is 26.8 Å². The summed E-state index contributed by atoms with van der Waals surface area (Å²) in [7, 11) is 0. The molecule has 3 amide bonds. The van der Waals surface area contributed by atoms with Crippen molar-refractivity contribution in [3.05, 3.63) is 29.8 Å². The molecule has 0 fully saturated rings. The summed E-state index contributed by atoms with van der Waals surface area (Å²) in [5.41, 5.74) is 0.902. The van der Waals surface area contributed by atoms with Gasteiger partial charge in [-0.05, 0) is 38.8 Å². The standard InChI is InChI=1S/C20H31N3O4/c1-5-6-11-17(24)22-14-15-9-7-8-10-16(15)23-18(25)12-13-21-19(26)27-20(2,3)4/h7-10H,5-6,11-14H2,1-4H3,(H,21,26)(H,22,24)(H,23,25). The van der Waals surface area contributed by atoms with Crippen molar-refractivity contribution in [1.82, 2.24) is 10.6 Å². The molecule has 1 aromatic carbocycles. The molecule has 0 bridgehead atoms. The summed E-state index contributed by atoms with van der Waals surface area (Å²) in [5, 5.41) is 8.23. The number of unbranched alkanes of at least 4 members (excludes halogenated alkanes) is 1. The molecule has 0 saturated carbocycles. The molecule has 0 spiro atoms. The highest BCUT2D eigenvalue weighted by Crippen LogP contribution is 2.15. The Labute approximate surface area is 161 Å². The number of carbonyl (C=O) groups is 3. The molecule has 0 aromatic heterocycles. The van der Waals surface area contributed by atoms with Gasteiger partial charge in [0.2, 0.25) is 11.8 Å². The predicted octanol–water partition coefficient (Wildman–Crippen LogP) is 3.35. The number of alkyl carbamates (subject to hydrolysis) is 1. The van der Waals surface area contributed by atoms with E-state index < -0.39 is 11.7 Å². The summed E-state index contributed by atoms with van der Waals surface area (Å²) in [5.74, 6) is -0.227. The second-order valence-corrected chi connectivity index (χ2v) is 7.26. The molecule has 0 radical (unpaired) electrons. The Morgan fingerprint density at radius 3 is 2.37 bits per heavy atom. The van der Waals surface area contributed by atoms with Crippen LogP contribution in [0.3, 0.4) is 0 Å². The minimum absolute atomic E-state index is 0.000426. The van der Waals surface area contributed by atoms with Crippen LogP contribution in [0.4, 0.5) is 10.5 Å². The highest BCUT2D eigenvalue weighted by atomic mass is 16.6. The van der Waals surface area contributed by atoms with Crippen molar-refractivity contribution in [2.45, 2.75) is 65.5 Å². The Kier molecular flexibility index (Phi) is 9.33. The maximum atomic E-state index is 12.1. The van der Waals surface area contributed by atoms with E-state index >= 15 is 0 Å². The first-order valence-electron chi connectivity index (χ1n) is 9.32. The van der Waals surface area contributed by atoms with Crippen molar-refractivity contribution in [3.63, 3.8) is 0 Å². The van der Waals surface area contributed by atoms with Gasteiger partial charge in [0, 0.05) is 31.6 Å². The number of carbonyl (C=O) groups excluding carboxylic acids is 3. The van der Waals surface area contributed by atoms with Crippen LogP contribution in [-0.2, 0) is 20.9 Å². The number of nitrogens with one attached hydrogen (secondary N) is 3. The molecular weight excluding hydrogens is 346 g/mol. The molecule has 0 unspecified atom stereocenters. The lowest BCUT2D eigenvalue weighted by atomic mass is 10.1. The number of anilines is 1. The lowest BCUT2D eigenvalue weighted by Gasteiger charge is -2.19. The number of benzene rings is 1. The first-order chi connectivity index (χ1) is 12.7. The van der Waals surface area contributed by atoms with E-state index in [-0.39, 0.29) is 24.8 Å². The molecule has 7 nitrogen and oxygen atoms in total. The van der Waals surface area contributed by atoms with Crippen molar-refractivity contribution in [3.8, 4) is 0 Å². The molecule has 1 aromatic rings. The molecule has 0 saturated heterocycles. The average molecular weight is 377 g/mol. The van der Waals surface area contributed by atoms with Gasteiger partial charge in [-0.2, -0.15) is 0 Å². The summed E-state index contributed by atoms with van der Waals surface area (Å²) < 4.78 is 5.12. The summed E-state index contributed by atoms with van der Waals surface area (Å²) in [6, 6.07) is 7.31. The van der Waals surface area contributed by atoms with Gasteiger partial charge in [-0.3, -0.25) is 9.59 Å². The zero-order chi connectivity index (χ0) is 20.3. The summed E-state index contributed by atoms with van der Waals surface area (Å²) in [4.78, 5) is 35.5. The van der Waals surface area contributed by atoms with Crippen LogP contribution in [0.15, 0.2) is 24.3 Å². The van der Waals surface area contributed by atoms with Crippen LogP contribution in [-0.4, -0.2) is 30.1 Å². The van der Waals surface area contributed by atoms with Gasteiger partial charge in [0.1, 0.15) is 5.60 Å². The minimum Gasteiger partial charge on any atom is -0.444 e. The van der Waals surface area contributed by atoms with Gasteiger partial charge in [0.15, 0.2) is 0 Å². The van der Waals surface area contributed by atoms with Crippen LogP contribution < -0.4 is 16.0 Å². The summed E-state index contributed by atoms with van der Waals surface area (Å²) >= 11 is 0. The monoisotopic (exact) mass is 377 g/mol. The number of para-hydroxylation sites is 1. The number of hydrogen-bond donors (Lipinski definition) is 3. The van der Waals surface area contributed by atoms with Crippen molar-refractivity contribution in [1.29, 1.82) is 0 Å². The molecule has 0 heterocycles. The number of ether oxygens (including phenoxy) is 1. The predicted molar refractivity (Wildman–Crippen MR) is 105 cm³/mol. The minimum atomic E-state index is -0.577. The fourth-order valence-electron chi connectivity index (χ4n) is 2.22. The largest absolute Gasteiger partial charge is 0.444 e. The first-order valence-corrected chi connectivity index (χ1v) is 9.32. The maximum absolute atomic E-state index is 12.1. The van der Waals surface area contributed by atoms with E-state index in [0.717, 1.165) is 18.4 Å². The van der Waals surface area contributed by atoms with Gasteiger partial charge in [-0.1, -0.05) is 31.5 Å². The highest BCUT2D eigenvalue weighted by Gasteiger charge is 2.16. The summed E-state index contributed by atoms with van der Waals surface area (Å²) in [6.07, 6.45) is 1.90. The zero-order valence-electron chi connectivity index (χ0n) is 16.7. The number of hydrogen-bond acceptors (Lipinski definition) is 4. The third kappa shape index (κ3) is 10.2. The second kappa shape index (κ2) is 11.2. The van der Waals surface area contributed by atoms with Crippen molar-refractivity contribution >= 4 is 23.6 Å². The highest BCUT2D eigenvalue weighted by molar-refractivity contribution is 5.92. The average Bonchev–Trinajstić information content (AvgIpc) is 2.57. The van der Waals surface area contributed by atoms with E-state index in [0.29, 0.717) is 18.7 Å². The van der Waals surface area contributed by atoms with Gasteiger partial charge in [0.05, 0.1) is 0 Å². The van der Waals surface area contributed by atoms with E-state index in [1.807, 2.05) is 25.1 Å². The fourth-order valence-corrected chi connectivity index (χ4v) is 2.22. The summed E-state index contributed by atoms with van der Waals surface area (Å²) in [6.45, 7) is 7.90. The third-order valence-electron chi connectivity index (χ3n) is 3.55. The van der Waals surface area contributed by atoms with Crippen molar-refractivity contribution in [2.24, 2.45) is 0 Å². The van der Waals surface area contributed by atoms with Crippen LogP contribution in [0.5, 0.6) is 0 Å². The van der Waals surface area contributed by atoms with Gasteiger partial charge < -0.3 is 20.7 Å². The van der Waals surface area contributed by atoms with E-state index in [2.05, 4.69) is 16.0 Å². The zero-order valence-corrected chi connectivity index (χ0v) is 16.7. The normalized spacial score (nSPS) is 10.8. The molecular formula is C20H31N3O4. The fraction of sp³-hybridized carbons (Fsp3) is 0.550. The number of amides is 3. The second-order valence-electron chi connectivity index (χ2n) is 7.26. The van der Waals surface area contributed by atoms with Crippen LogP contribution in [0.2, 0.25) is 0 Å². The van der Waals surface area contributed by atoms with Crippen LogP contribution in [0.1, 0.15) is 58.9 Å². The molecule has 0 atom stereocenters. The van der Waals surface area contributed by atoms with E-state index in [1.165, 1.54) is 0 Å². The van der Waals surface area contributed by atoms with E-state index in [9.17, 15) is 14.4 Å². The topological polar surface area (TPSA) is 96.5 Å². The first kappa shape index (κ1) is 22.5. The Morgan fingerprint density at radius 2 is 1.70 bits per heavy atom. The number of rotatable bonds is 9. The Bertz CT molecular complexity index is 638. The molecule has 27 heavy (non-hydrogen) atoms. The molecule has 0 aliphatic rings. The van der Waals surface area contributed by atoms with Crippen molar-refractivity contribution < 1.29 is 19.1 Å². The maximum Gasteiger partial charge on any atom is 0.407 e. The van der Waals surface area contributed by atoms with E-state index in [4.69, 9.17) is 4.74 Å². The van der Waals surface area contributed by atoms with Crippen molar-refractivity contribution in [2.75, 3.05) is 11.9 Å². The molecule has 0 aliphatic carbocycles. The molecule has 150 valence electrons. The Morgan fingerprint density at radius 1 is 1.00 bits per heavy atom. The van der Waals surface area contributed by atoms with Crippen LogP contribution in [0, 0.1) is 0 Å². The SMILES string of the molecule is CCCCC(=O)NCc1ccccc1NC(=O)CCNC(=O)OC(C)(C)C.